The molecule has 0 unspecified atom stereocenters. The second-order valence-corrected chi connectivity index (χ2v) is 12.5. The molecule has 0 N–H and O–H groups in total. The SMILES string of the molecule is CC(=O)OC[C@H]1O[C@@H](Sc2cc(C(C)(C)C)ccc2C)[C@H](N2C(=O)c3ccccc3C2=O)[C@@H](OC(C)=O)[C@@H]1OC(C)=O. The number of hydrogen-bond acceptors (Lipinski definition) is 10. The van der Waals surface area contributed by atoms with E-state index in [1.165, 1.54) is 32.5 Å². The summed E-state index contributed by atoms with van der Waals surface area (Å²) < 4.78 is 23.0. The maximum Gasteiger partial charge on any atom is 0.303 e. The Morgan fingerprint density at radius 1 is 0.881 bits per heavy atom. The summed E-state index contributed by atoms with van der Waals surface area (Å²) in [6, 6.07) is 11.2. The predicted molar refractivity (Wildman–Crippen MR) is 153 cm³/mol. The van der Waals surface area contributed by atoms with E-state index in [-0.39, 0.29) is 23.1 Å². The summed E-state index contributed by atoms with van der Waals surface area (Å²) in [6.45, 7) is 11.4. The van der Waals surface area contributed by atoms with Crippen molar-refractivity contribution in [2.75, 3.05) is 6.61 Å². The van der Waals surface area contributed by atoms with Crippen LogP contribution in [0.5, 0.6) is 0 Å². The van der Waals surface area contributed by atoms with E-state index >= 15 is 0 Å². The van der Waals surface area contributed by atoms with Crippen LogP contribution in [0.15, 0.2) is 47.4 Å². The fraction of sp³-hybridized carbons (Fsp3) is 0.452. The molecule has 2 aliphatic rings. The summed E-state index contributed by atoms with van der Waals surface area (Å²) in [4.78, 5) is 65.7. The van der Waals surface area contributed by atoms with Crippen molar-refractivity contribution >= 4 is 41.5 Å². The van der Waals surface area contributed by atoms with Crippen molar-refractivity contribution in [2.24, 2.45) is 0 Å². The van der Waals surface area contributed by atoms with Crippen molar-refractivity contribution in [3.63, 3.8) is 0 Å². The van der Waals surface area contributed by atoms with Gasteiger partial charge in [-0.2, -0.15) is 0 Å². The van der Waals surface area contributed by atoms with Crippen molar-refractivity contribution in [1.82, 2.24) is 4.90 Å². The van der Waals surface area contributed by atoms with Gasteiger partial charge in [-0.05, 0) is 41.7 Å². The number of benzene rings is 2. The van der Waals surface area contributed by atoms with Crippen LogP contribution in [0.25, 0.3) is 0 Å². The minimum absolute atomic E-state index is 0.170. The molecule has 5 atom stereocenters. The number of thioether (sulfide) groups is 1. The zero-order chi connectivity index (χ0) is 30.9. The first-order chi connectivity index (χ1) is 19.7. The molecule has 4 rings (SSSR count). The molecular weight excluding hydrogens is 562 g/mol. The predicted octanol–water partition coefficient (Wildman–Crippen LogP) is 4.20. The monoisotopic (exact) mass is 597 g/mol. The number of esters is 3. The first-order valence-electron chi connectivity index (χ1n) is 13.6. The number of nitrogens with zero attached hydrogens (tertiary/aromatic N) is 1. The number of imide groups is 1. The molecule has 0 saturated carbocycles. The molecule has 1 saturated heterocycles. The molecular formula is C31H35NO9S. The highest BCUT2D eigenvalue weighted by Gasteiger charge is 2.57. The van der Waals surface area contributed by atoms with E-state index in [9.17, 15) is 24.0 Å². The number of carbonyl (C=O) groups is 5. The molecule has 224 valence electrons. The molecule has 2 amide bonds. The molecule has 2 aliphatic heterocycles. The topological polar surface area (TPSA) is 126 Å². The summed E-state index contributed by atoms with van der Waals surface area (Å²) in [5.74, 6) is -3.21. The number of aryl methyl sites for hydroxylation is 1. The van der Waals surface area contributed by atoms with Gasteiger partial charge in [0.25, 0.3) is 11.8 Å². The third-order valence-corrected chi connectivity index (χ3v) is 8.41. The third kappa shape index (κ3) is 6.52. The highest BCUT2D eigenvalue weighted by molar-refractivity contribution is 7.99. The van der Waals surface area contributed by atoms with Crippen LogP contribution >= 0.6 is 11.8 Å². The fourth-order valence-electron chi connectivity index (χ4n) is 5.05. The van der Waals surface area contributed by atoms with Gasteiger partial charge in [-0.3, -0.25) is 28.9 Å². The molecule has 42 heavy (non-hydrogen) atoms. The Hall–Kier alpha value is -3.70. The number of amides is 2. The van der Waals surface area contributed by atoms with Crippen LogP contribution in [0.1, 0.15) is 73.4 Å². The van der Waals surface area contributed by atoms with E-state index in [4.69, 9.17) is 18.9 Å². The molecule has 0 bridgehead atoms. The van der Waals surface area contributed by atoms with Gasteiger partial charge in [0.15, 0.2) is 12.2 Å². The Labute approximate surface area is 249 Å². The fourth-order valence-corrected chi connectivity index (χ4v) is 6.36. The van der Waals surface area contributed by atoms with E-state index < -0.39 is 59.5 Å². The van der Waals surface area contributed by atoms with E-state index in [2.05, 4.69) is 20.8 Å². The van der Waals surface area contributed by atoms with Gasteiger partial charge in [-0.1, -0.05) is 56.8 Å². The van der Waals surface area contributed by atoms with Gasteiger partial charge in [0.1, 0.15) is 24.2 Å². The number of carbonyl (C=O) groups excluding carboxylic acids is 5. The number of hydrogen-bond donors (Lipinski definition) is 0. The zero-order valence-electron chi connectivity index (χ0n) is 24.7. The van der Waals surface area contributed by atoms with Crippen LogP contribution in [0.4, 0.5) is 0 Å². The third-order valence-electron chi connectivity index (χ3n) is 7.09. The van der Waals surface area contributed by atoms with Gasteiger partial charge in [0.05, 0.1) is 11.1 Å². The molecule has 2 aromatic rings. The quantitative estimate of drug-likeness (QED) is 0.260. The molecule has 2 heterocycles. The average Bonchev–Trinajstić information content (AvgIpc) is 3.14. The zero-order valence-corrected chi connectivity index (χ0v) is 25.5. The Kier molecular flexibility index (Phi) is 9.12. The lowest BCUT2D eigenvalue weighted by Crippen LogP contribution is -2.66. The van der Waals surface area contributed by atoms with Gasteiger partial charge >= 0.3 is 17.9 Å². The second-order valence-electron chi connectivity index (χ2n) is 11.4. The van der Waals surface area contributed by atoms with Crippen molar-refractivity contribution in [1.29, 1.82) is 0 Å². The lowest BCUT2D eigenvalue weighted by atomic mass is 9.87. The van der Waals surface area contributed by atoms with E-state index in [0.29, 0.717) is 0 Å². The Balaban J connectivity index is 1.87. The Morgan fingerprint density at radius 3 is 1.98 bits per heavy atom. The minimum Gasteiger partial charge on any atom is -0.463 e. The van der Waals surface area contributed by atoms with Crippen molar-refractivity contribution in [3.8, 4) is 0 Å². The first-order valence-corrected chi connectivity index (χ1v) is 14.4. The summed E-state index contributed by atoms with van der Waals surface area (Å²) in [5, 5.41) is 0. The standard InChI is InChI=1S/C31H35NO9S/c1-16-12-13-20(31(5,6)7)14-24(16)42-30-25(32-28(36)21-10-8-9-11-22(21)29(32)37)27(40-19(4)35)26(39-18(3)34)23(41-30)15-38-17(2)33/h8-14,23,25-27,30H,15H2,1-7H3/t23-,25-,26-,27-,30+/m1/s1. The molecule has 11 heteroatoms. The largest absolute Gasteiger partial charge is 0.463 e. The lowest BCUT2D eigenvalue weighted by Gasteiger charge is -2.47. The van der Waals surface area contributed by atoms with Crippen molar-refractivity contribution < 1.29 is 42.9 Å². The normalized spacial score (nSPS) is 23.8. The minimum atomic E-state index is -1.33. The van der Waals surface area contributed by atoms with Crippen LogP contribution in [0, 0.1) is 6.92 Å². The lowest BCUT2D eigenvalue weighted by molar-refractivity contribution is -0.216. The average molecular weight is 598 g/mol. The van der Waals surface area contributed by atoms with Gasteiger partial charge in [-0.25, -0.2) is 0 Å². The second kappa shape index (κ2) is 12.3. The van der Waals surface area contributed by atoms with E-state index in [1.807, 2.05) is 25.1 Å². The highest BCUT2D eigenvalue weighted by atomic mass is 32.2. The van der Waals surface area contributed by atoms with E-state index in [1.54, 1.807) is 24.3 Å². The van der Waals surface area contributed by atoms with Crippen molar-refractivity contribution in [3.05, 3.63) is 64.7 Å². The molecule has 2 aromatic carbocycles. The maximum atomic E-state index is 13.7. The van der Waals surface area contributed by atoms with Gasteiger partial charge < -0.3 is 18.9 Å². The van der Waals surface area contributed by atoms with Gasteiger partial charge in [0.2, 0.25) is 0 Å². The highest BCUT2D eigenvalue weighted by Crippen LogP contribution is 2.42. The van der Waals surface area contributed by atoms with Crippen LogP contribution in [0.2, 0.25) is 0 Å². The van der Waals surface area contributed by atoms with Gasteiger partial charge in [0, 0.05) is 25.7 Å². The van der Waals surface area contributed by atoms with E-state index in [0.717, 1.165) is 20.9 Å². The summed E-state index contributed by atoms with van der Waals surface area (Å²) in [6.07, 6.45) is -3.69. The molecule has 10 nitrogen and oxygen atoms in total. The molecule has 0 spiro atoms. The van der Waals surface area contributed by atoms with Crippen LogP contribution in [-0.4, -0.2) is 71.0 Å². The molecule has 1 fully saturated rings. The smallest absolute Gasteiger partial charge is 0.303 e. The Bertz CT molecular complexity index is 1380. The number of fused-ring (bicyclic) bond motifs is 1. The summed E-state index contributed by atoms with van der Waals surface area (Å²) in [7, 11) is 0. The van der Waals surface area contributed by atoms with Gasteiger partial charge in [-0.15, -0.1) is 0 Å². The molecule has 0 aliphatic carbocycles. The van der Waals surface area contributed by atoms with Crippen molar-refractivity contribution in [2.45, 2.75) is 88.6 Å². The Morgan fingerprint density at radius 2 is 1.45 bits per heavy atom. The number of ether oxygens (including phenoxy) is 4. The summed E-state index contributed by atoms with van der Waals surface area (Å²) >= 11 is 1.25. The van der Waals surface area contributed by atoms with Crippen LogP contribution < -0.4 is 0 Å². The molecule has 0 radical (unpaired) electrons. The summed E-state index contributed by atoms with van der Waals surface area (Å²) in [5.41, 5.74) is 1.19. The van der Waals surface area contributed by atoms with Crippen LogP contribution in [0.3, 0.4) is 0 Å². The first kappa shape index (κ1) is 31.2. The number of rotatable bonds is 7. The van der Waals surface area contributed by atoms with Crippen LogP contribution in [-0.2, 0) is 38.7 Å². The molecule has 0 aromatic heterocycles. The maximum absolute atomic E-state index is 13.7.